The molecule has 0 atom stereocenters. The van der Waals surface area contributed by atoms with Crippen molar-refractivity contribution in [1.82, 2.24) is 20.2 Å². The van der Waals surface area contributed by atoms with E-state index in [9.17, 15) is 14.0 Å². The highest BCUT2D eigenvalue weighted by atomic mass is 32.2. The molecule has 0 bridgehead atoms. The van der Waals surface area contributed by atoms with Gasteiger partial charge in [0.1, 0.15) is 28.5 Å². The number of aromatic amines is 1. The molecule has 43 heavy (non-hydrogen) atoms. The standard InChI is InChI=1S/C18H17FN2O2S.C13H15N3O.C2H2/c1-20-18(22)16-14-9-8-13(21(2)24-3)10-15(14)23-17(16)11-4-6-12(19)7-5-11;17-13(16-7-2-1-3-8-16)11-9-10-5-4-6-14-12(10)15-11;1-2/h4-10H,1-3H3,(H,20,22);4-6,9H,1-3,7-8H2,(H,14,15);1-2H. The molecule has 0 aliphatic carbocycles. The zero-order valence-corrected chi connectivity index (χ0v) is 25.2. The number of pyridine rings is 1. The number of nitrogens with zero attached hydrogens (tertiary/aromatic N) is 3. The minimum Gasteiger partial charge on any atom is -0.455 e. The van der Waals surface area contributed by atoms with Crippen molar-refractivity contribution in [1.29, 1.82) is 0 Å². The van der Waals surface area contributed by atoms with Gasteiger partial charge in [-0.1, -0.05) is 11.9 Å². The number of fused-ring (bicyclic) bond motifs is 2. The van der Waals surface area contributed by atoms with Crippen LogP contribution in [-0.2, 0) is 0 Å². The number of hydrogen-bond donors (Lipinski definition) is 2. The molecule has 0 spiro atoms. The largest absolute Gasteiger partial charge is 0.455 e. The van der Waals surface area contributed by atoms with Crippen molar-refractivity contribution in [2.45, 2.75) is 19.3 Å². The zero-order chi connectivity index (χ0) is 30.9. The zero-order valence-electron chi connectivity index (χ0n) is 24.4. The van der Waals surface area contributed by atoms with Crippen molar-refractivity contribution in [2.75, 3.05) is 37.7 Å². The molecule has 222 valence electrons. The number of H-pyrrole nitrogens is 1. The van der Waals surface area contributed by atoms with Crippen molar-refractivity contribution < 1.29 is 18.4 Å². The van der Waals surface area contributed by atoms with Gasteiger partial charge in [0.25, 0.3) is 11.8 Å². The molecule has 4 heterocycles. The van der Waals surface area contributed by atoms with Crippen LogP contribution in [0.2, 0.25) is 0 Å². The summed E-state index contributed by atoms with van der Waals surface area (Å²) < 4.78 is 21.2. The van der Waals surface area contributed by atoms with E-state index in [0.29, 0.717) is 28.2 Å². The van der Waals surface area contributed by atoms with Crippen LogP contribution in [0.25, 0.3) is 33.3 Å². The lowest BCUT2D eigenvalue weighted by Gasteiger charge is -2.26. The third-order valence-electron chi connectivity index (χ3n) is 7.14. The number of anilines is 1. The molecular weight excluding hydrogens is 565 g/mol. The third kappa shape index (κ3) is 7.01. The Balaban J connectivity index is 0.000000195. The molecule has 0 saturated carbocycles. The number of furan rings is 1. The number of piperidine rings is 1. The minimum atomic E-state index is -0.333. The molecule has 6 rings (SSSR count). The second-order valence-electron chi connectivity index (χ2n) is 9.73. The van der Waals surface area contributed by atoms with Gasteiger partial charge in [-0.05, 0) is 73.9 Å². The topological polar surface area (TPSA) is 94.5 Å². The van der Waals surface area contributed by atoms with Gasteiger partial charge in [0.15, 0.2) is 0 Å². The molecule has 8 nitrogen and oxygen atoms in total. The van der Waals surface area contributed by atoms with Crippen LogP contribution in [-0.4, -0.2) is 60.1 Å². The van der Waals surface area contributed by atoms with E-state index >= 15 is 0 Å². The quantitative estimate of drug-likeness (QED) is 0.171. The molecule has 1 aliphatic rings. The normalized spacial score (nSPS) is 12.6. The Labute approximate surface area is 254 Å². The summed E-state index contributed by atoms with van der Waals surface area (Å²) >= 11 is 1.58. The van der Waals surface area contributed by atoms with Gasteiger partial charge in [-0.15, -0.1) is 12.8 Å². The van der Waals surface area contributed by atoms with Gasteiger partial charge in [-0.25, -0.2) is 9.37 Å². The minimum absolute atomic E-state index is 0.0997. The highest BCUT2D eigenvalue weighted by Crippen LogP contribution is 2.36. The number of amides is 2. The summed E-state index contributed by atoms with van der Waals surface area (Å²) in [5, 5.41) is 4.36. The molecule has 10 heteroatoms. The Bertz CT molecular complexity index is 1690. The van der Waals surface area contributed by atoms with E-state index in [2.05, 4.69) is 28.1 Å². The summed E-state index contributed by atoms with van der Waals surface area (Å²) in [6, 6.07) is 17.4. The van der Waals surface area contributed by atoms with Gasteiger partial charge in [0, 0.05) is 62.0 Å². The van der Waals surface area contributed by atoms with E-state index in [1.807, 2.05) is 58.9 Å². The summed E-state index contributed by atoms with van der Waals surface area (Å²) in [5.74, 6) is -0.0321. The molecule has 1 aliphatic heterocycles. The van der Waals surface area contributed by atoms with Crippen LogP contribution in [0, 0.1) is 18.7 Å². The van der Waals surface area contributed by atoms with E-state index in [1.54, 1.807) is 37.3 Å². The molecular formula is C33H34FN5O3S. The Morgan fingerprint density at radius 2 is 1.79 bits per heavy atom. The Morgan fingerprint density at radius 1 is 1.07 bits per heavy atom. The average Bonchev–Trinajstić information content (AvgIpc) is 3.67. The molecule has 1 saturated heterocycles. The number of aromatic nitrogens is 2. The molecule has 5 aromatic rings. The molecule has 2 N–H and O–H groups in total. The van der Waals surface area contributed by atoms with E-state index in [1.165, 1.54) is 18.6 Å². The number of hydrogen-bond acceptors (Lipinski definition) is 6. The number of terminal acetylenes is 1. The van der Waals surface area contributed by atoms with E-state index in [-0.39, 0.29) is 17.6 Å². The van der Waals surface area contributed by atoms with Crippen LogP contribution in [0.4, 0.5) is 10.1 Å². The van der Waals surface area contributed by atoms with E-state index in [4.69, 9.17) is 4.42 Å². The Morgan fingerprint density at radius 3 is 2.44 bits per heavy atom. The summed E-state index contributed by atoms with van der Waals surface area (Å²) in [7, 11) is 3.53. The Kier molecular flexibility index (Phi) is 10.5. The van der Waals surface area contributed by atoms with E-state index < -0.39 is 0 Å². The predicted molar refractivity (Wildman–Crippen MR) is 173 cm³/mol. The maximum Gasteiger partial charge on any atom is 0.270 e. The SMILES string of the molecule is C#C.CNC(=O)c1c(-c2ccc(F)cc2)oc2cc(N(C)SC)ccc12.O=C(c1cc2cccnc2[nH]1)N1CCCCC1. The lowest BCUT2D eigenvalue weighted by molar-refractivity contribution is 0.0719. The molecule has 2 aromatic carbocycles. The van der Waals surface area contributed by atoms with Gasteiger partial charge in [0.05, 0.1) is 11.3 Å². The lowest BCUT2D eigenvalue weighted by Crippen LogP contribution is -2.35. The highest BCUT2D eigenvalue weighted by molar-refractivity contribution is 7.99. The third-order valence-corrected chi connectivity index (χ3v) is 7.90. The first kappa shape index (κ1) is 31.2. The Hall–Kier alpha value is -4.75. The molecule has 0 radical (unpaired) electrons. The van der Waals surface area contributed by atoms with Gasteiger partial charge >= 0.3 is 0 Å². The fraction of sp³-hybridized carbons (Fsp3) is 0.242. The van der Waals surface area contributed by atoms with Crippen LogP contribution in [0.5, 0.6) is 0 Å². The predicted octanol–water partition coefficient (Wildman–Crippen LogP) is 6.75. The summed E-state index contributed by atoms with van der Waals surface area (Å²) in [5.41, 5.74) is 4.14. The van der Waals surface area contributed by atoms with Gasteiger partial charge in [-0.3, -0.25) is 9.59 Å². The van der Waals surface area contributed by atoms with Crippen molar-refractivity contribution in [3.05, 3.63) is 83.9 Å². The molecule has 1 fully saturated rings. The van der Waals surface area contributed by atoms with Crippen molar-refractivity contribution in [3.8, 4) is 24.2 Å². The first-order valence-electron chi connectivity index (χ1n) is 13.8. The lowest BCUT2D eigenvalue weighted by atomic mass is 10.0. The molecule has 0 unspecified atom stereocenters. The number of rotatable bonds is 5. The molecule has 2 amide bonds. The first-order valence-corrected chi connectivity index (χ1v) is 15.0. The van der Waals surface area contributed by atoms with Crippen LogP contribution < -0.4 is 9.62 Å². The second kappa shape index (κ2) is 14.4. The maximum atomic E-state index is 13.2. The number of likely N-dealkylation sites (tertiary alicyclic amines) is 1. The van der Waals surface area contributed by atoms with Crippen molar-refractivity contribution in [2.24, 2.45) is 0 Å². The smallest absolute Gasteiger partial charge is 0.270 e. The summed E-state index contributed by atoms with van der Waals surface area (Å²) in [6.07, 6.45) is 15.2. The number of carbonyl (C=O) groups is 2. The fourth-order valence-electron chi connectivity index (χ4n) is 4.88. The number of halogens is 1. The number of benzene rings is 2. The monoisotopic (exact) mass is 599 g/mol. The van der Waals surface area contributed by atoms with Crippen LogP contribution >= 0.6 is 11.9 Å². The summed E-state index contributed by atoms with van der Waals surface area (Å²) in [4.78, 5) is 33.8. The van der Waals surface area contributed by atoms with Crippen molar-refractivity contribution >= 4 is 51.5 Å². The average molecular weight is 600 g/mol. The van der Waals surface area contributed by atoms with Crippen LogP contribution in [0.3, 0.4) is 0 Å². The van der Waals surface area contributed by atoms with Gasteiger partial charge in [0.2, 0.25) is 0 Å². The van der Waals surface area contributed by atoms with Gasteiger partial charge in [-0.2, -0.15) is 0 Å². The first-order chi connectivity index (χ1) is 20.9. The second-order valence-corrected chi connectivity index (χ2v) is 10.6. The van der Waals surface area contributed by atoms with Gasteiger partial charge < -0.3 is 23.9 Å². The summed E-state index contributed by atoms with van der Waals surface area (Å²) in [6.45, 7) is 1.75. The van der Waals surface area contributed by atoms with Crippen LogP contribution in [0.1, 0.15) is 40.1 Å². The number of carbonyl (C=O) groups excluding carboxylic acids is 2. The van der Waals surface area contributed by atoms with E-state index in [0.717, 1.165) is 48.0 Å². The number of nitrogens with one attached hydrogen (secondary N) is 2. The highest BCUT2D eigenvalue weighted by Gasteiger charge is 2.22. The molecule has 3 aromatic heterocycles. The van der Waals surface area contributed by atoms with Crippen molar-refractivity contribution in [3.63, 3.8) is 0 Å². The van der Waals surface area contributed by atoms with Crippen LogP contribution in [0.15, 0.2) is 71.3 Å². The maximum absolute atomic E-state index is 13.2. The fourth-order valence-corrected chi connectivity index (χ4v) is 5.21.